The van der Waals surface area contributed by atoms with Gasteiger partial charge in [0, 0.05) is 0 Å². The zero-order valence-electron chi connectivity index (χ0n) is 3.82. The molecule has 1 nitrogen and oxygen atoms in total. The van der Waals surface area contributed by atoms with Gasteiger partial charge in [0.15, 0.2) is 0 Å². The van der Waals surface area contributed by atoms with E-state index in [9.17, 15) is 0 Å². The fraction of sp³-hybridized carbons (Fsp3) is 1.00. The van der Waals surface area contributed by atoms with Gasteiger partial charge < -0.3 is 6.16 Å². The van der Waals surface area contributed by atoms with Gasteiger partial charge >= 0.3 is 18.9 Å². The molecule has 20 valence electrons. The van der Waals surface area contributed by atoms with Crippen molar-refractivity contribution in [3.05, 3.63) is 0 Å². The molecule has 1 aliphatic heterocycles. The van der Waals surface area contributed by atoms with Crippen molar-refractivity contribution in [2.45, 2.75) is 0 Å². The zero-order valence-corrected chi connectivity index (χ0v) is 2.82. The van der Waals surface area contributed by atoms with E-state index in [-0.39, 0.29) is 20.3 Å². The fourth-order valence-corrected chi connectivity index (χ4v) is 0. The smallest absolute Gasteiger partial charge is 1.00 e. The van der Waals surface area contributed by atoms with E-state index in [0.717, 1.165) is 13.2 Å². The summed E-state index contributed by atoms with van der Waals surface area (Å²) in [6, 6.07) is 0. The average molecular weight is 52.0 g/mol. The monoisotopic (exact) mass is 52.1 g/mol. The first-order valence-corrected chi connectivity index (χ1v) is 1.08. The van der Waals surface area contributed by atoms with Crippen molar-refractivity contribution in [1.82, 2.24) is 0 Å². The zero-order chi connectivity index (χ0) is 2.12. The van der Waals surface area contributed by atoms with Crippen molar-refractivity contribution < 1.29 is 25.0 Å². The minimum atomic E-state index is 0. The molecule has 0 radical (unpaired) electrons. The Balaban J connectivity index is 0. The molecule has 1 fully saturated rings. The average Bonchev–Trinajstić information content (AvgIpc) is 1.46. The molecule has 1 saturated heterocycles. The topological polar surface area (TPSA) is 12.5 Å². The van der Waals surface area contributed by atoms with Crippen LogP contribution in [0.15, 0.2) is 0 Å². The summed E-state index contributed by atoms with van der Waals surface area (Å²) in [5.74, 6) is 0. The van der Waals surface area contributed by atoms with Crippen LogP contribution in [-0.2, 0) is 4.74 Å². The summed E-state index contributed by atoms with van der Waals surface area (Å²) in [6.45, 7) is 2.00. The molecule has 0 spiro atoms. The SMILES string of the molecule is C1CO1.[H-].[Li+]. The molecular formula is C2H5LiO. The third-order valence-electron chi connectivity index (χ3n) is 0.204. The third kappa shape index (κ3) is 2.56. The standard InChI is InChI=1S/C2H4O.Li.H/c1-2-3-1;;/h1-2H2;;/q;+1;-1. The largest absolute Gasteiger partial charge is 1.00 e. The number of hydrogen-bond donors (Lipinski definition) is 0. The first-order valence-electron chi connectivity index (χ1n) is 1.08. The van der Waals surface area contributed by atoms with Gasteiger partial charge in [-0.05, 0) is 0 Å². The molecule has 1 aliphatic rings. The molecular weight excluding hydrogens is 47.0 g/mol. The summed E-state index contributed by atoms with van der Waals surface area (Å²) in [5.41, 5.74) is 0. The number of hydrogen-bond acceptors (Lipinski definition) is 1. The Morgan fingerprint density at radius 3 is 1.75 bits per heavy atom. The Hall–Kier alpha value is 0.557. The summed E-state index contributed by atoms with van der Waals surface area (Å²) >= 11 is 0. The molecule has 0 aromatic rings. The Kier molecular flexibility index (Phi) is 2.09. The van der Waals surface area contributed by atoms with Crippen LogP contribution in [0.5, 0.6) is 0 Å². The third-order valence-corrected chi connectivity index (χ3v) is 0.204. The van der Waals surface area contributed by atoms with Gasteiger partial charge in [-0.15, -0.1) is 0 Å². The van der Waals surface area contributed by atoms with E-state index in [1.165, 1.54) is 0 Å². The molecule has 0 amide bonds. The molecule has 0 aromatic heterocycles. The van der Waals surface area contributed by atoms with Crippen molar-refractivity contribution >= 4 is 0 Å². The van der Waals surface area contributed by atoms with Gasteiger partial charge in [0.2, 0.25) is 0 Å². The van der Waals surface area contributed by atoms with Crippen molar-refractivity contribution in [3.8, 4) is 0 Å². The summed E-state index contributed by atoms with van der Waals surface area (Å²) in [6.07, 6.45) is 0. The van der Waals surface area contributed by atoms with E-state index in [0.29, 0.717) is 0 Å². The normalized spacial score (nSPS) is 18.0. The van der Waals surface area contributed by atoms with Gasteiger partial charge in [-0.1, -0.05) is 0 Å². The van der Waals surface area contributed by atoms with Crippen LogP contribution in [0.2, 0.25) is 0 Å². The van der Waals surface area contributed by atoms with Crippen LogP contribution in [0.3, 0.4) is 0 Å². The van der Waals surface area contributed by atoms with E-state index < -0.39 is 0 Å². The van der Waals surface area contributed by atoms with Crippen molar-refractivity contribution in [1.29, 1.82) is 0 Å². The maximum atomic E-state index is 4.50. The van der Waals surface area contributed by atoms with E-state index >= 15 is 0 Å². The van der Waals surface area contributed by atoms with Gasteiger partial charge in [0.25, 0.3) is 0 Å². The maximum absolute atomic E-state index is 4.50. The molecule has 0 aromatic carbocycles. The Morgan fingerprint density at radius 1 is 1.50 bits per heavy atom. The summed E-state index contributed by atoms with van der Waals surface area (Å²) < 4.78 is 4.50. The van der Waals surface area contributed by atoms with Gasteiger partial charge in [0.05, 0.1) is 13.2 Å². The molecule has 2 heteroatoms. The van der Waals surface area contributed by atoms with E-state index in [1.54, 1.807) is 0 Å². The second-order valence-electron chi connectivity index (χ2n) is 0.612. The molecule has 1 rings (SSSR count). The second-order valence-corrected chi connectivity index (χ2v) is 0.612. The van der Waals surface area contributed by atoms with Gasteiger partial charge in [-0.25, -0.2) is 0 Å². The molecule has 0 atom stereocenters. The van der Waals surface area contributed by atoms with Crippen molar-refractivity contribution in [2.75, 3.05) is 13.2 Å². The summed E-state index contributed by atoms with van der Waals surface area (Å²) in [7, 11) is 0. The Morgan fingerprint density at radius 2 is 1.75 bits per heavy atom. The van der Waals surface area contributed by atoms with Crippen molar-refractivity contribution in [3.63, 3.8) is 0 Å². The van der Waals surface area contributed by atoms with Crippen LogP contribution in [0.4, 0.5) is 0 Å². The first kappa shape index (κ1) is 4.56. The number of rotatable bonds is 0. The van der Waals surface area contributed by atoms with Gasteiger partial charge in [-0.2, -0.15) is 0 Å². The van der Waals surface area contributed by atoms with Crippen LogP contribution >= 0.6 is 0 Å². The van der Waals surface area contributed by atoms with Crippen LogP contribution in [0.25, 0.3) is 0 Å². The van der Waals surface area contributed by atoms with Crippen LogP contribution in [0.1, 0.15) is 1.43 Å². The van der Waals surface area contributed by atoms with Gasteiger partial charge in [-0.3, -0.25) is 0 Å². The first-order chi connectivity index (χ1) is 1.50. The van der Waals surface area contributed by atoms with Gasteiger partial charge in [0.1, 0.15) is 0 Å². The van der Waals surface area contributed by atoms with Crippen LogP contribution in [-0.4, -0.2) is 13.2 Å². The van der Waals surface area contributed by atoms with E-state index in [4.69, 9.17) is 0 Å². The molecule has 0 unspecified atom stereocenters. The second kappa shape index (κ2) is 1.84. The summed E-state index contributed by atoms with van der Waals surface area (Å²) in [5, 5.41) is 0. The molecule has 4 heavy (non-hydrogen) atoms. The van der Waals surface area contributed by atoms with E-state index in [2.05, 4.69) is 4.74 Å². The maximum Gasteiger partial charge on any atom is 1.00 e. The molecule has 0 aliphatic carbocycles. The molecule has 1 heterocycles. The fourth-order valence-electron chi connectivity index (χ4n) is 0. The van der Waals surface area contributed by atoms with E-state index in [1.807, 2.05) is 0 Å². The number of ether oxygens (including phenoxy) is 1. The van der Waals surface area contributed by atoms with Crippen molar-refractivity contribution in [2.24, 2.45) is 0 Å². The molecule has 0 N–H and O–H groups in total. The Labute approximate surface area is 39.0 Å². The predicted octanol–water partition coefficient (Wildman–Crippen LogP) is -2.87. The minimum Gasteiger partial charge on any atom is -1.00 e. The predicted molar refractivity (Wildman–Crippen MR) is 11.9 cm³/mol. The Bertz CT molecular complexity index is 14.4. The van der Waals surface area contributed by atoms with Crippen LogP contribution < -0.4 is 18.9 Å². The van der Waals surface area contributed by atoms with Crippen LogP contribution in [0, 0.1) is 0 Å². The molecule has 0 saturated carbocycles. The summed E-state index contributed by atoms with van der Waals surface area (Å²) in [4.78, 5) is 0. The number of epoxide rings is 1. The minimum absolute atomic E-state index is 0. The quantitative estimate of drug-likeness (QED) is 0.213. The molecule has 0 bridgehead atoms.